The molecule has 0 aliphatic rings. The van der Waals surface area contributed by atoms with Gasteiger partial charge in [-0.05, 0) is 68.4 Å². The molecule has 0 unspecified atom stereocenters. The lowest BCUT2D eigenvalue weighted by molar-refractivity contribution is -0.143. The molecule has 3 aromatic rings. The molecule has 1 heterocycles. The van der Waals surface area contributed by atoms with E-state index < -0.39 is 6.10 Å². The number of carbonyl (C=O) groups is 1. The van der Waals surface area contributed by atoms with E-state index in [4.69, 9.17) is 14.2 Å². The molecule has 2 aromatic carbocycles. The SMILES string of the molecule is CCOC(=O)CCc1cnn(C[C@H](CCCc2ccccc2)[C@H](O)c2cc(OC)c(C)c(OC)c2)c1. The van der Waals surface area contributed by atoms with E-state index in [2.05, 4.69) is 17.2 Å². The first-order valence-electron chi connectivity index (χ1n) is 12.6. The molecule has 0 amide bonds. The average molecular weight is 495 g/mol. The maximum absolute atomic E-state index is 11.7. The number of hydrogen-bond donors (Lipinski definition) is 1. The summed E-state index contributed by atoms with van der Waals surface area (Å²) in [5, 5.41) is 16.0. The fourth-order valence-corrected chi connectivity index (χ4v) is 4.47. The highest BCUT2D eigenvalue weighted by molar-refractivity contribution is 5.69. The van der Waals surface area contributed by atoms with Crippen LogP contribution in [0.4, 0.5) is 0 Å². The highest BCUT2D eigenvalue weighted by Crippen LogP contribution is 2.36. The molecule has 7 nitrogen and oxygen atoms in total. The van der Waals surface area contributed by atoms with E-state index in [0.717, 1.165) is 36.0 Å². The topological polar surface area (TPSA) is 82.8 Å². The number of aliphatic hydroxyl groups excluding tert-OH is 1. The zero-order valence-corrected chi connectivity index (χ0v) is 21.8. The van der Waals surface area contributed by atoms with Gasteiger partial charge >= 0.3 is 5.97 Å². The monoisotopic (exact) mass is 494 g/mol. The van der Waals surface area contributed by atoms with Gasteiger partial charge in [-0.3, -0.25) is 9.48 Å². The van der Waals surface area contributed by atoms with Crippen molar-refractivity contribution >= 4 is 5.97 Å². The molecular formula is C29H38N2O5. The van der Waals surface area contributed by atoms with E-state index in [0.29, 0.717) is 37.5 Å². The molecule has 0 bridgehead atoms. The summed E-state index contributed by atoms with van der Waals surface area (Å²) in [6, 6.07) is 14.2. The number of aliphatic hydroxyl groups is 1. The van der Waals surface area contributed by atoms with Crippen molar-refractivity contribution < 1.29 is 24.1 Å². The van der Waals surface area contributed by atoms with E-state index in [-0.39, 0.29) is 11.9 Å². The van der Waals surface area contributed by atoms with Crippen LogP contribution in [0.2, 0.25) is 0 Å². The van der Waals surface area contributed by atoms with E-state index >= 15 is 0 Å². The Bertz CT molecular complexity index is 1070. The van der Waals surface area contributed by atoms with Crippen LogP contribution in [0.3, 0.4) is 0 Å². The van der Waals surface area contributed by atoms with E-state index in [1.165, 1.54) is 5.56 Å². The Balaban J connectivity index is 1.76. The van der Waals surface area contributed by atoms with Crippen LogP contribution < -0.4 is 9.47 Å². The Kier molecular flexibility index (Phi) is 10.4. The number of rotatable bonds is 14. The minimum atomic E-state index is -0.726. The molecule has 0 saturated carbocycles. The summed E-state index contributed by atoms with van der Waals surface area (Å²) in [6.07, 6.45) is 6.59. The van der Waals surface area contributed by atoms with Gasteiger partial charge in [0.1, 0.15) is 11.5 Å². The number of carbonyl (C=O) groups excluding carboxylic acids is 1. The summed E-state index contributed by atoms with van der Waals surface area (Å²) in [5.41, 5.74) is 3.91. The molecule has 194 valence electrons. The Morgan fingerprint density at radius 3 is 2.39 bits per heavy atom. The van der Waals surface area contributed by atoms with Gasteiger partial charge in [-0.2, -0.15) is 5.10 Å². The maximum atomic E-state index is 11.7. The van der Waals surface area contributed by atoms with E-state index in [9.17, 15) is 9.90 Å². The lowest BCUT2D eigenvalue weighted by atomic mass is 9.89. The number of methoxy groups -OCH3 is 2. The Morgan fingerprint density at radius 1 is 1.06 bits per heavy atom. The van der Waals surface area contributed by atoms with Crippen LogP contribution in [0, 0.1) is 12.8 Å². The first-order valence-corrected chi connectivity index (χ1v) is 12.6. The largest absolute Gasteiger partial charge is 0.496 e. The summed E-state index contributed by atoms with van der Waals surface area (Å²) in [5.74, 6) is 1.09. The van der Waals surface area contributed by atoms with Crippen molar-refractivity contribution in [3.05, 3.63) is 77.1 Å². The number of nitrogens with zero attached hydrogens (tertiary/aromatic N) is 2. The summed E-state index contributed by atoms with van der Waals surface area (Å²) in [7, 11) is 3.24. The third-order valence-corrected chi connectivity index (χ3v) is 6.48. The summed E-state index contributed by atoms with van der Waals surface area (Å²) < 4.78 is 18.0. The molecule has 2 atom stereocenters. The Hall–Kier alpha value is -3.32. The summed E-state index contributed by atoms with van der Waals surface area (Å²) in [6.45, 7) is 4.67. The standard InChI is InChI=1S/C29H38N2O5/c1-5-36-28(32)15-14-23-18-30-31(19-23)20-24(13-9-12-22-10-7-6-8-11-22)29(33)25-16-26(34-3)21(2)27(17-25)35-4/h6-8,10-11,16-19,24,29,33H,5,9,12-15,20H2,1-4H3/t24-,29-/m0/s1. The van der Waals surface area contributed by atoms with Crippen molar-refractivity contribution in [1.82, 2.24) is 9.78 Å². The fraction of sp³-hybridized carbons (Fsp3) is 0.448. The van der Waals surface area contributed by atoms with Gasteiger partial charge in [-0.25, -0.2) is 0 Å². The van der Waals surface area contributed by atoms with Crippen LogP contribution in [0.25, 0.3) is 0 Å². The smallest absolute Gasteiger partial charge is 0.306 e. The van der Waals surface area contributed by atoms with Crippen molar-refractivity contribution in [3.63, 3.8) is 0 Å². The normalized spacial score (nSPS) is 12.7. The predicted octanol–water partition coefficient (Wildman–Crippen LogP) is 5.08. The highest BCUT2D eigenvalue weighted by Gasteiger charge is 2.24. The van der Waals surface area contributed by atoms with Gasteiger partial charge in [0.05, 0.1) is 33.1 Å². The molecular weight excluding hydrogens is 456 g/mol. The first-order chi connectivity index (χ1) is 17.4. The van der Waals surface area contributed by atoms with Crippen molar-refractivity contribution in [1.29, 1.82) is 0 Å². The van der Waals surface area contributed by atoms with Crippen LogP contribution >= 0.6 is 0 Å². The average Bonchev–Trinajstić information content (AvgIpc) is 3.35. The minimum absolute atomic E-state index is 0.0800. The third-order valence-electron chi connectivity index (χ3n) is 6.48. The molecule has 0 aliphatic heterocycles. The molecule has 36 heavy (non-hydrogen) atoms. The Morgan fingerprint density at radius 2 is 1.75 bits per heavy atom. The Labute approximate surface area is 214 Å². The highest BCUT2D eigenvalue weighted by atomic mass is 16.5. The van der Waals surface area contributed by atoms with E-state index in [1.54, 1.807) is 27.3 Å². The molecule has 0 aliphatic carbocycles. The summed E-state index contributed by atoms with van der Waals surface area (Å²) >= 11 is 0. The number of benzene rings is 2. The van der Waals surface area contributed by atoms with Crippen LogP contribution in [-0.2, 0) is 28.9 Å². The minimum Gasteiger partial charge on any atom is -0.496 e. The predicted molar refractivity (Wildman–Crippen MR) is 139 cm³/mol. The number of esters is 1. The number of ether oxygens (including phenoxy) is 3. The van der Waals surface area contributed by atoms with Gasteiger partial charge in [0.25, 0.3) is 0 Å². The van der Waals surface area contributed by atoms with Crippen molar-refractivity contribution in [2.75, 3.05) is 20.8 Å². The van der Waals surface area contributed by atoms with Gasteiger partial charge in [-0.1, -0.05) is 30.3 Å². The molecule has 1 aromatic heterocycles. The van der Waals surface area contributed by atoms with Crippen LogP contribution in [0.5, 0.6) is 11.5 Å². The molecule has 3 rings (SSSR count). The van der Waals surface area contributed by atoms with Crippen molar-refractivity contribution in [2.24, 2.45) is 5.92 Å². The number of aryl methyl sites for hydroxylation is 2. The van der Waals surface area contributed by atoms with Gasteiger partial charge in [0, 0.05) is 30.6 Å². The summed E-state index contributed by atoms with van der Waals surface area (Å²) in [4.78, 5) is 11.7. The second-order valence-corrected chi connectivity index (χ2v) is 9.01. The van der Waals surface area contributed by atoms with Gasteiger partial charge in [-0.15, -0.1) is 0 Å². The maximum Gasteiger partial charge on any atom is 0.306 e. The molecule has 0 fully saturated rings. The van der Waals surface area contributed by atoms with Crippen LogP contribution in [0.1, 0.15) is 54.5 Å². The van der Waals surface area contributed by atoms with Crippen LogP contribution in [0.15, 0.2) is 54.9 Å². The quantitative estimate of drug-likeness (QED) is 0.315. The lowest BCUT2D eigenvalue weighted by Crippen LogP contribution is -2.20. The van der Waals surface area contributed by atoms with Crippen LogP contribution in [-0.4, -0.2) is 41.7 Å². The van der Waals surface area contributed by atoms with Gasteiger partial charge < -0.3 is 19.3 Å². The first kappa shape index (κ1) is 27.3. The van der Waals surface area contributed by atoms with E-state index in [1.807, 2.05) is 48.1 Å². The van der Waals surface area contributed by atoms with Crippen molar-refractivity contribution in [3.8, 4) is 11.5 Å². The molecule has 0 radical (unpaired) electrons. The second kappa shape index (κ2) is 13.7. The van der Waals surface area contributed by atoms with Crippen molar-refractivity contribution in [2.45, 2.75) is 58.6 Å². The third kappa shape index (κ3) is 7.59. The molecule has 7 heteroatoms. The zero-order chi connectivity index (χ0) is 25.9. The van der Waals surface area contributed by atoms with Gasteiger partial charge in [0.15, 0.2) is 0 Å². The number of aromatic nitrogens is 2. The molecule has 1 N–H and O–H groups in total. The molecule has 0 spiro atoms. The zero-order valence-electron chi connectivity index (χ0n) is 21.8. The molecule has 0 saturated heterocycles. The fourth-order valence-electron chi connectivity index (χ4n) is 4.47. The van der Waals surface area contributed by atoms with Gasteiger partial charge in [0.2, 0.25) is 0 Å². The number of hydrogen-bond acceptors (Lipinski definition) is 6. The lowest BCUT2D eigenvalue weighted by Gasteiger charge is -2.25. The second-order valence-electron chi connectivity index (χ2n) is 9.01.